The van der Waals surface area contributed by atoms with Gasteiger partial charge in [0.25, 0.3) is 0 Å². The van der Waals surface area contributed by atoms with E-state index in [1.165, 1.54) is 0 Å². The van der Waals surface area contributed by atoms with Gasteiger partial charge in [-0.05, 0) is 38.6 Å². The molecule has 0 atom stereocenters. The fourth-order valence-corrected chi connectivity index (χ4v) is 5.50. The molecule has 0 radical (unpaired) electrons. The first-order valence-corrected chi connectivity index (χ1v) is 14.6. The maximum atomic E-state index is 10.4. The third-order valence-electron chi connectivity index (χ3n) is 7.55. The molecule has 0 saturated carbocycles. The largest absolute Gasteiger partial charge is 0.475 e. The van der Waals surface area contributed by atoms with Crippen molar-refractivity contribution in [2.24, 2.45) is 4.99 Å². The fraction of sp³-hybridized carbons (Fsp3) is 0.111. The Morgan fingerprint density at radius 2 is 1.27 bits per heavy atom. The van der Waals surface area contributed by atoms with Gasteiger partial charge in [0, 0.05) is 24.7 Å². The molecule has 0 fully saturated rings. The molecule has 45 heavy (non-hydrogen) atoms. The van der Waals surface area contributed by atoms with Crippen LogP contribution in [0.2, 0.25) is 0 Å². The summed E-state index contributed by atoms with van der Waals surface area (Å²) in [5, 5.41) is 22.4. The SMILES string of the molecule is O=[N+](O)OCCCN=Cc1ccc(-c2ccccc2-c2nnn(C(c3ccccc3)(c3ccccc3)c3ccccc3)n2)cc1. The van der Waals surface area contributed by atoms with Gasteiger partial charge in [0.15, 0.2) is 12.1 Å². The quantitative estimate of drug-likeness (QED) is 0.0726. The first-order valence-electron chi connectivity index (χ1n) is 14.6. The number of nitrogens with zero attached hydrogens (tertiary/aromatic N) is 6. The second-order valence-electron chi connectivity index (χ2n) is 10.3. The third kappa shape index (κ3) is 6.23. The van der Waals surface area contributed by atoms with Crippen LogP contribution >= 0.6 is 0 Å². The van der Waals surface area contributed by atoms with Crippen LogP contribution in [0.4, 0.5) is 0 Å². The van der Waals surface area contributed by atoms with Crippen molar-refractivity contribution in [3.8, 4) is 22.5 Å². The van der Waals surface area contributed by atoms with Crippen LogP contribution in [0.1, 0.15) is 28.7 Å². The molecule has 5 aromatic carbocycles. The minimum Gasteiger partial charge on any atom is -0.292 e. The van der Waals surface area contributed by atoms with Gasteiger partial charge >= 0.3 is 5.09 Å². The van der Waals surface area contributed by atoms with Crippen molar-refractivity contribution in [3.63, 3.8) is 0 Å². The molecule has 0 bridgehead atoms. The van der Waals surface area contributed by atoms with Crippen molar-refractivity contribution in [3.05, 3.63) is 167 Å². The van der Waals surface area contributed by atoms with E-state index in [1.807, 2.05) is 97.1 Å². The number of aliphatic imine (C=N–C) groups is 1. The maximum absolute atomic E-state index is 10.4. The van der Waals surface area contributed by atoms with Gasteiger partial charge in [0.1, 0.15) is 4.91 Å². The maximum Gasteiger partial charge on any atom is 0.475 e. The highest BCUT2D eigenvalue weighted by atomic mass is 16.9. The Bertz CT molecular complexity index is 1780. The number of tetrazole rings is 1. The molecule has 0 aliphatic rings. The van der Waals surface area contributed by atoms with Gasteiger partial charge in [-0.2, -0.15) is 4.84 Å². The van der Waals surface area contributed by atoms with E-state index < -0.39 is 10.6 Å². The van der Waals surface area contributed by atoms with Crippen LogP contribution in [0.5, 0.6) is 0 Å². The molecule has 1 aromatic heterocycles. The smallest absolute Gasteiger partial charge is 0.292 e. The van der Waals surface area contributed by atoms with Crippen LogP contribution in [0, 0.1) is 4.91 Å². The Labute approximate surface area is 260 Å². The summed E-state index contributed by atoms with van der Waals surface area (Å²) >= 11 is 0. The standard InChI is InChI=1S/C36H31N6O3/c43-42(44)45-26-12-25-37-27-28-21-23-29(24-22-28)33-19-10-11-20-34(33)35-38-40-41(39-35)36(30-13-4-1-5-14-30,31-15-6-2-7-16-31)32-17-8-3-9-18-32/h1-11,13-24,27H,12,25-26H2,(H,43,44)/q+1. The van der Waals surface area contributed by atoms with Crippen LogP contribution in [0.25, 0.3) is 22.5 Å². The molecule has 0 amide bonds. The molecule has 0 aliphatic heterocycles. The van der Waals surface area contributed by atoms with E-state index in [2.05, 4.69) is 57.4 Å². The van der Waals surface area contributed by atoms with Crippen molar-refractivity contribution in [2.75, 3.05) is 13.2 Å². The van der Waals surface area contributed by atoms with Gasteiger partial charge in [0.2, 0.25) is 5.82 Å². The van der Waals surface area contributed by atoms with Crippen molar-refractivity contribution in [1.29, 1.82) is 0 Å². The highest BCUT2D eigenvalue weighted by Crippen LogP contribution is 2.40. The zero-order chi connectivity index (χ0) is 30.9. The molecule has 222 valence electrons. The van der Waals surface area contributed by atoms with Crippen LogP contribution in [-0.4, -0.2) is 49.9 Å². The number of hydrogen-bond donors (Lipinski definition) is 1. The Morgan fingerprint density at radius 1 is 0.733 bits per heavy atom. The highest BCUT2D eigenvalue weighted by molar-refractivity contribution is 5.84. The lowest BCUT2D eigenvalue weighted by Crippen LogP contribution is -2.39. The Hall–Kier alpha value is -5.96. The molecule has 1 N–H and O–H groups in total. The first kappa shape index (κ1) is 29.1. The lowest BCUT2D eigenvalue weighted by molar-refractivity contribution is -0.975. The lowest BCUT2D eigenvalue weighted by Gasteiger charge is -2.34. The molecule has 9 nitrogen and oxygen atoms in total. The molecule has 0 saturated heterocycles. The topological polar surface area (TPSA) is 106 Å². The Kier molecular flexibility index (Phi) is 8.78. The first-order chi connectivity index (χ1) is 22.2. The van der Waals surface area contributed by atoms with Crippen molar-refractivity contribution >= 4 is 6.21 Å². The molecule has 9 heteroatoms. The summed E-state index contributed by atoms with van der Waals surface area (Å²) < 4.78 is 0. The fourth-order valence-electron chi connectivity index (χ4n) is 5.50. The van der Waals surface area contributed by atoms with Crippen LogP contribution in [-0.2, 0) is 10.4 Å². The Balaban J connectivity index is 1.36. The lowest BCUT2D eigenvalue weighted by atomic mass is 9.77. The van der Waals surface area contributed by atoms with Gasteiger partial charge in [0.05, 0.1) is 0 Å². The average molecular weight is 596 g/mol. The van der Waals surface area contributed by atoms with Gasteiger partial charge in [-0.25, -0.2) is 5.21 Å². The van der Waals surface area contributed by atoms with E-state index >= 15 is 0 Å². The van der Waals surface area contributed by atoms with E-state index in [0.29, 0.717) is 18.8 Å². The van der Waals surface area contributed by atoms with Crippen molar-refractivity contribution < 1.29 is 15.1 Å². The van der Waals surface area contributed by atoms with E-state index in [0.717, 1.165) is 38.9 Å². The third-order valence-corrected chi connectivity index (χ3v) is 7.55. The van der Waals surface area contributed by atoms with E-state index in [1.54, 1.807) is 11.0 Å². The highest BCUT2D eigenvalue weighted by Gasteiger charge is 2.41. The molecular weight excluding hydrogens is 564 g/mol. The summed E-state index contributed by atoms with van der Waals surface area (Å²) in [4.78, 5) is 20.9. The minimum absolute atomic E-state index is 0.0921. The molecule has 6 rings (SSSR count). The summed E-state index contributed by atoms with van der Waals surface area (Å²) in [6.45, 7) is 0.561. The zero-order valence-electron chi connectivity index (χ0n) is 24.4. The average Bonchev–Trinajstić information content (AvgIpc) is 3.59. The number of benzene rings is 5. The number of aromatic nitrogens is 4. The van der Waals surface area contributed by atoms with Crippen LogP contribution in [0.3, 0.4) is 0 Å². The normalized spacial score (nSPS) is 11.5. The molecule has 1 heterocycles. The van der Waals surface area contributed by atoms with Crippen LogP contribution in [0.15, 0.2) is 145 Å². The molecule has 6 aromatic rings. The van der Waals surface area contributed by atoms with Gasteiger partial charge in [-0.15, -0.1) is 15.0 Å². The minimum atomic E-state index is -0.858. The summed E-state index contributed by atoms with van der Waals surface area (Å²) in [6.07, 6.45) is 2.28. The monoisotopic (exact) mass is 595 g/mol. The van der Waals surface area contributed by atoms with E-state index in [-0.39, 0.29) is 6.61 Å². The summed E-state index contributed by atoms with van der Waals surface area (Å²) in [6, 6.07) is 46.9. The van der Waals surface area contributed by atoms with Crippen LogP contribution < -0.4 is 0 Å². The predicted molar refractivity (Wildman–Crippen MR) is 172 cm³/mol. The van der Waals surface area contributed by atoms with Crippen molar-refractivity contribution in [2.45, 2.75) is 12.0 Å². The molecule has 0 unspecified atom stereocenters. The second-order valence-corrected chi connectivity index (χ2v) is 10.3. The predicted octanol–water partition coefficient (Wildman–Crippen LogP) is 6.76. The van der Waals surface area contributed by atoms with E-state index in [9.17, 15) is 4.91 Å². The summed E-state index contributed by atoms with van der Waals surface area (Å²) in [7, 11) is 0. The van der Waals surface area contributed by atoms with E-state index in [4.69, 9.17) is 15.5 Å². The summed E-state index contributed by atoms with van der Waals surface area (Å²) in [5.41, 5.74) is 5.99. The van der Waals surface area contributed by atoms with Crippen molar-refractivity contribution in [1.82, 2.24) is 20.2 Å². The molecule has 0 spiro atoms. The number of hydrogen-bond acceptors (Lipinski definition) is 6. The molecule has 0 aliphatic carbocycles. The van der Waals surface area contributed by atoms with Gasteiger partial charge in [-0.3, -0.25) is 4.99 Å². The number of rotatable bonds is 12. The molecular formula is C36H31N6O3+. The van der Waals surface area contributed by atoms with Gasteiger partial charge in [-0.1, -0.05) is 140 Å². The van der Waals surface area contributed by atoms with Gasteiger partial charge < -0.3 is 0 Å². The second kappa shape index (κ2) is 13.6. The zero-order valence-corrected chi connectivity index (χ0v) is 24.4. The summed E-state index contributed by atoms with van der Waals surface area (Å²) in [5.74, 6) is 0.519. The Morgan fingerprint density at radius 3 is 1.82 bits per heavy atom.